The number of pyridine rings is 5. The maximum absolute atomic E-state index is 13.3. The number of hydrogen-bond donors (Lipinski definition) is 10. The average molecular weight is 2890 g/mol. The zero-order valence-electron chi connectivity index (χ0n) is 81.2. The number of alkyl halides is 15. The zero-order chi connectivity index (χ0) is 102. The van der Waals surface area contributed by atoms with E-state index in [2.05, 4.69) is 62.2 Å². The van der Waals surface area contributed by atoms with E-state index in [1.165, 1.54) is 30.3 Å². The fourth-order valence-electron chi connectivity index (χ4n) is 15.3. The van der Waals surface area contributed by atoms with Crippen LogP contribution in [0.2, 0.25) is 0 Å². The quantitative estimate of drug-likeness (QED) is 0.0338. The van der Waals surface area contributed by atoms with Crippen LogP contribution in [0.15, 0.2) is 152 Å². The Morgan fingerprint density at radius 2 is 0.528 bits per heavy atom. The summed E-state index contributed by atoms with van der Waals surface area (Å²) in [4.78, 5) is 21.8. The van der Waals surface area contributed by atoms with Crippen molar-refractivity contribution in [3.63, 3.8) is 0 Å². The first-order valence-electron chi connectivity index (χ1n) is 46.4. The fraction of sp³-hybridized carbons (Fsp3) is 0.486. The van der Waals surface area contributed by atoms with Gasteiger partial charge in [-0.15, -0.1) is 49.3 Å². The summed E-state index contributed by atoms with van der Waals surface area (Å²) in [6.07, 6.45) is 10.1. The summed E-state index contributed by atoms with van der Waals surface area (Å²) in [5.41, 5.74) is 6.42. The first-order valence-corrected chi connectivity index (χ1v) is 46.4. The number of aliphatic hydroxyl groups excluding tert-OH is 10. The monoisotopic (exact) mass is 2890 g/mol. The van der Waals surface area contributed by atoms with Crippen molar-refractivity contribution in [2.75, 3.05) is 0 Å². The minimum absolute atomic E-state index is 0. The van der Waals surface area contributed by atoms with Gasteiger partial charge < -0.3 is 76.0 Å². The van der Waals surface area contributed by atoms with Crippen molar-refractivity contribution in [3.05, 3.63) is 238 Å². The average Bonchev–Trinajstić information content (AvgIpc) is 0.788. The first kappa shape index (κ1) is 134. The van der Waals surface area contributed by atoms with E-state index in [0.717, 1.165) is 172 Å². The molecule has 10 N–H and O–H groups in total. The molecule has 5 heterocycles. The molecule has 0 fully saturated rings. The summed E-state index contributed by atoms with van der Waals surface area (Å²) >= 11 is 0. The van der Waals surface area contributed by atoms with Gasteiger partial charge in [0.05, 0.1) is 83.2 Å². The van der Waals surface area contributed by atoms with Crippen LogP contribution in [0.1, 0.15) is 287 Å². The Morgan fingerprint density at radius 3 is 0.838 bits per heavy atom. The number of benzene rings is 5. The van der Waals surface area contributed by atoms with Gasteiger partial charge in [0.2, 0.25) is 0 Å². The van der Waals surface area contributed by atoms with Crippen LogP contribution in [0.4, 0.5) is 65.9 Å². The number of aliphatic hydroxyl groups is 10. The van der Waals surface area contributed by atoms with Crippen LogP contribution in [0.5, 0.6) is 0 Å². The Balaban J connectivity index is 0.000000812. The number of halogens is 15. The van der Waals surface area contributed by atoms with Crippen molar-refractivity contribution in [2.24, 2.45) is 11.8 Å². The van der Waals surface area contributed by atoms with Crippen LogP contribution in [-0.2, 0) is 131 Å². The van der Waals surface area contributed by atoms with E-state index in [1.807, 2.05) is 19.1 Å². The maximum atomic E-state index is 13.3. The van der Waals surface area contributed by atoms with E-state index in [1.54, 1.807) is 142 Å². The molecule has 0 spiro atoms. The molecule has 0 aliphatic heterocycles. The minimum Gasteiger partial charge on any atom is -0.393 e. The number of aromatic nitrogens is 5. The van der Waals surface area contributed by atoms with Gasteiger partial charge in [0.25, 0.3) is 0 Å². The molecule has 5 aliphatic rings. The Kier molecular flexibility index (Phi) is 61.0. The molecule has 35 heteroatoms. The Morgan fingerprint density at radius 1 is 0.268 bits per heavy atom. The van der Waals surface area contributed by atoms with Crippen molar-refractivity contribution in [1.82, 2.24) is 24.9 Å². The molecule has 5 aromatic carbocycles. The minimum atomic E-state index is -4.40. The maximum Gasteiger partial charge on any atom is 0.416 e. The van der Waals surface area contributed by atoms with Crippen molar-refractivity contribution in [3.8, 4) is 0 Å². The topological polar surface area (TPSA) is 267 Å². The van der Waals surface area contributed by atoms with Gasteiger partial charge in [0.15, 0.2) is 0 Å². The SMILES string of the molecule is CC(O)CC(C)O.CC(O)CC(C)O.CC(O)CC(C)O.CC(O)CC(C)O.CC(O)CC(C)O.CC1[C-]=C(c2ccc3cc(C(F)(F)F)ccc3n2)CCC1.CC1[C-]=C(c2nc3ccccc3cc2C(F)(F)F)CCC1.FC(F)(F)c1cc2ccccc2nc1C1=[C-]CCCC1.FC(F)(F)c1ccc2ccc(C3=[C-]CCCC3)nc2c1.FC(F)(F)c1ccc2nc(C3=[C-]CCCC3)ccc2c1.[Ir].[Ir].[Ir].[Ir].[Ir]. The van der Waals surface area contributed by atoms with Crippen LogP contribution in [0.25, 0.3) is 82.4 Å². The van der Waals surface area contributed by atoms with E-state index >= 15 is 0 Å². The van der Waals surface area contributed by atoms with Gasteiger partial charge in [0, 0.05) is 123 Å². The van der Waals surface area contributed by atoms with Gasteiger partial charge in [0.1, 0.15) is 0 Å². The third kappa shape index (κ3) is 48.7. The number of rotatable bonds is 15. The smallest absolute Gasteiger partial charge is 0.393 e. The molecule has 15 rings (SSSR count). The van der Waals surface area contributed by atoms with Gasteiger partial charge >= 0.3 is 30.9 Å². The summed E-state index contributed by atoms with van der Waals surface area (Å²) in [5, 5.41) is 88.4. The third-order valence-electron chi connectivity index (χ3n) is 21.6. The van der Waals surface area contributed by atoms with Crippen molar-refractivity contribution in [2.45, 2.75) is 323 Å². The molecule has 10 aromatic rings. The third-order valence-corrected chi connectivity index (χ3v) is 21.6. The predicted molar refractivity (Wildman–Crippen MR) is 508 cm³/mol. The fourth-order valence-corrected chi connectivity index (χ4v) is 15.3. The number of nitrogens with zero attached hydrogens (tertiary/aromatic N) is 5. The largest absolute Gasteiger partial charge is 0.416 e. The first-order chi connectivity index (χ1) is 64.1. The number of para-hydroxylation sites is 2. The number of fused-ring (bicyclic) bond motifs is 5. The van der Waals surface area contributed by atoms with Crippen molar-refractivity contribution >= 4 is 82.4 Å². The molecule has 5 aromatic heterocycles. The normalized spacial score (nSPS) is 17.3. The van der Waals surface area contributed by atoms with Gasteiger partial charge in [-0.3, -0.25) is 30.4 Å². The standard InChI is InChI=1S/2C17H15F3N.3C16H13F3N.5C5H12O2.5Ir/c1-11-5-4-7-13(9-11)16-14(17(18,19)20)10-12-6-2-3-8-15(12)21-16;1-11-3-2-4-12(9-11)15-7-5-13-10-14(17(18,19)20)6-8-16(13)21-15;17-16(18,19)13-10-12-8-4-5-9-14(12)20-15(13)11-6-2-1-3-7-11;17-16(18,19)13-7-9-15-12(10-13)6-8-14(20-15)11-4-2-1-3-5-11;17-16(18,19)13-8-6-12-7-9-14(20-15(12)10-13)11-4-2-1-3-5-11;5*1-4(6)3-5(2)7;;;;;/h2-3,6,8,10-11H,4-5,7H2,1H3;5-8,10-11H,2-4H2,1H3;4-5,8-10H,1-3,6H2;2*6-10H,1-4H2;5*4-7H,3H2,1-2H3;;;;;/q5*-1;;;;;;;;;;. The van der Waals surface area contributed by atoms with E-state index < -0.39 is 58.7 Å². The molecular formula is C107H129F15Ir5N5O10-5. The van der Waals surface area contributed by atoms with E-state index in [-0.39, 0.29) is 179 Å². The van der Waals surface area contributed by atoms with Crippen LogP contribution < -0.4 is 0 Å². The van der Waals surface area contributed by atoms with Gasteiger partial charge in [-0.2, -0.15) is 93.7 Å². The predicted octanol–water partition coefficient (Wildman–Crippen LogP) is 26.2. The number of allylic oxidation sites excluding steroid dienone is 10. The number of hydrogen-bond acceptors (Lipinski definition) is 15. The summed E-state index contributed by atoms with van der Waals surface area (Å²) < 4.78 is 194. The van der Waals surface area contributed by atoms with Crippen molar-refractivity contribution in [1.29, 1.82) is 0 Å². The Bertz CT molecular complexity index is 5460. The van der Waals surface area contributed by atoms with Crippen LogP contribution in [0, 0.1) is 42.2 Å². The molecule has 12 unspecified atom stereocenters. The molecule has 5 aliphatic carbocycles. The second kappa shape index (κ2) is 64.8. The van der Waals surface area contributed by atoms with Gasteiger partial charge in [-0.05, 0) is 200 Å². The molecule has 0 bridgehead atoms. The molecule has 0 saturated heterocycles. The van der Waals surface area contributed by atoms with Crippen molar-refractivity contribution < 1.29 is 217 Å². The van der Waals surface area contributed by atoms with Gasteiger partial charge in [-0.25, -0.2) is 0 Å². The Labute approximate surface area is 890 Å². The molecule has 797 valence electrons. The summed E-state index contributed by atoms with van der Waals surface area (Å²) in [6, 6.07) is 37.9. The summed E-state index contributed by atoms with van der Waals surface area (Å²) in [7, 11) is 0. The molecule has 15 nitrogen and oxygen atoms in total. The van der Waals surface area contributed by atoms with Crippen LogP contribution in [-0.4, -0.2) is 137 Å². The van der Waals surface area contributed by atoms with Gasteiger partial charge in [-0.1, -0.05) is 211 Å². The molecule has 142 heavy (non-hydrogen) atoms. The van der Waals surface area contributed by atoms with E-state index in [4.69, 9.17) is 51.1 Å². The summed E-state index contributed by atoms with van der Waals surface area (Å²) in [6.45, 7) is 20.7. The molecule has 0 amide bonds. The van der Waals surface area contributed by atoms with E-state index in [9.17, 15) is 65.9 Å². The summed E-state index contributed by atoms with van der Waals surface area (Å²) in [5.74, 6) is 0.599. The molecule has 5 radical (unpaired) electrons. The molecule has 12 atom stereocenters. The second-order valence-electron chi connectivity index (χ2n) is 35.5. The zero-order valence-corrected chi connectivity index (χ0v) is 93.1. The molecular weight excluding hydrogens is 2760 g/mol. The van der Waals surface area contributed by atoms with Crippen LogP contribution in [0.3, 0.4) is 0 Å². The van der Waals surface area contributed by atoms with E-state index in [0.29, 0.717) is 118 Å². The Hall–Kier alpha value is -6.35. The van der Waals surface area contributed by atoms with Crippen LogP contribution >= 0.6 is 0 Å². The molecule has 0 saturated carbocycles. The second-order valence-corrected chi connectivity index (χ2v) is 35.5.